The van der Waals surface area contributed by atoms with Crippen LogP contribution in [0.2, 0.25) is 0 Å². The summed E-state index contributed by atoms with van der Waals surface area (Å²) in [5.74, 6) is 0.588. The second kappa shape index (κ2) is 4.81. The normalized spacial score (nSPS) is 18.9. The Morgan fingerprint density at radius 2 is 1.88 bits per heavy atom. The molecule has 0 saturated heterocycles. The van der Waals surface area contributed by atoms with Crippen molar-refractivity contribution in [2.75, 3.05) is 0 Å². The number of rotatable bonds is 3. The van der Waals surface area contributed by atoms with E-state index >= 15 is 0 Å². The Hall–Kier alpha value is -0.820. The van der Waals surface area contributed by atoms with E-state index in [1.54, 1.807) is 0 Å². The first-order valence-electron chi connectivity index (χ1n) is 6.99. The quantitative estimate of drug-likeness (QED) is 0.832. The van der Waals surface area contributed by atoms with Crippen molar-refractivity contribution in [3.05, 3.63) is 34.9 Å². The van der Waals surface area contributed by atoms with Gasteiger partial charge >= 0.3 is 0 Å². The maximum Gasteiger partial charge on any atom is 0.0412 e. The molecule has 2 N–H and O–H groups in total. The first-order chi connectivity index (χ1) is 8.07. The van der Waals surface area contributed by atoms with E-state index in [4.69, 9.17) is 5.73 Å². The Bertz CT molecular complexity index is 387. The fourth-order valence-corrected chi connectivity index (χ4v) is 3.00. The van der Waals surface area contributed by atoms with Gasteiger partial charge in [-0.25, -0.2) is 0 Å². The van der Waals surface area contributed by atoms with Crippen LogP contribution in [-0.2, 0) is 12.0 Å². The molecular formula is C16H25N. The lowest BCUT2D eigenvalue weighted by Crippen LogP contribution is -2.34. The van der Waals surface area contributed by atoms with Gasteiger partial charge in [-0.05, 0) is 41.9 Å². The topological polar surface area (TPSA) is 26.0 Å². The molecule has 2 rings (SSSR count). The minimum atomic E-state index is -0.0454. The predicted molar refractivity (Wildman–Crippen MR) is 74.2 cm³/mol. The van der Waals surface area contributed by atoms with Crippen LogP contribution >= 0.6 is 0 Å². The van der Waals surface area contributed by atoms with E-state index in [9.17, 15) is 0 Å². The van der Waals surface area contributed by atoms with E-state index in [2.05, 4.69) is 39.0 Å². The fraction of sp³-hybridized carbons (Fsp3) is 0.625. The van der Waals surface area contributed by atoms with Crippen molar-refractivity contribution in [1.29, 1.82) is 0 Å². The molecule has 0 bridgehead atoms. The summed E-state index contributed by atoms with van der Waals surface area (Å²) in [7, 11) is 0. The van der Waals surface area contributed by atoms with Gasteiger partial charge in [0.15, 0.2) is 0 Å². The van der Waals surface area contributed by atoms with Crippen LogP contribution in [0.5, 0.6) is 0 Å². The van der Waals surface area contributed by atoms with Gasteiger partial charge in [-0.2, -0.15) is 0 Å². The summed E-state index contributed by atoms with van der Waals surface area (Å²) >= 11 is 0. The van der Waals surface area contributed by atoms with Crippen LogP contribution in [0, 0.1) is 0 Å². The van der Waals surface area contributed by atoms with E-state index in [1.807, 2.05) is 0 Å². The van der Waals surface area contributed by atoms with Crippen LogP contribution in [0.25, 0.3) is 0 Å². The fourth-order valence-electron chi connectivity index (χ4n) is 3.00. The van der Waals surface area contributed by atoms with Crippen molar-refractivity contribution < 1.29 is 0 Å². The third-order valence-electron chi connectivity index (χ3n) is 4.21. The van der Waals surface area contributed by atoms with E-state index < -0.39 is 0 Å². The molecule has 1 nitrogen and oxygen atoms in total. The minimum absolute atomic E-state index is 0.0454. The first-order valence-corrected chi connectivity index (χ1v) is 6.99. The number of aryl methyl sites for hydroxylation is 1. The summed E-state index contributed by atoms with van der Waals surface area (Å²) in [6.07, 6.45) is 5.97. The number of nitrogens with two attached hydrogens (primary N) is 1. The molecule has 1 fully saturated rings. The van der Waals surface area contributed by atoms with Crippen molar-refractivity contribution in [2.24, 2.45) is 5.73 Å². The smallest absolute Gasteiger partial charge is 0.0412 e. The third kappa shape index (κ3) is 2.40. The Morgan fingerprint density at radius 3 is 2.41 bits per heavy atom. The van der Waals surface area contributed by atoms with Gasteiger partial charge in [0.2, 0.25) is 0 Å². The summed E-state index contributed by atoms with van der Waals surface area (Å²) < 4.78 is 0. The average Bonchev–Trinajstić information content (AvgIpc) is 2.76. The van der Waals surface area contributed by atoms with E-state index in [-0.39, 0.29) is 5.54 Å². The van der Waals surface area contributed by atoms with Crippen LogP contribution in [0.3, 0.4) is 0 Å². The Labute approximate surface area is 105 Å². The molecule has 0 aliphatic heterocycles. The lowest BCUT2D eigenvalue weighted by molar-refractivity contribution is 0.457. The molecule has 94 valence electrons. The van der Waals surface area contributed by atoms with E-state index in [0.717, 1.165) is 19.3 Å². The Kier molecular flexibility index (Phi) is 3.58. The van der Waals surface area contributed by atoms with Crippen molar-refractivity contribution >= 4 is 0 Å². The SMILES string of the molecule is CCc1ccc(C(C)C)cc1C1(N)CCCC1. The molecular weight excluding hydrogens is 206 g/mol. The molecule has 1 saturated carbocycles. The van der Waals surface area contributed by atoms with Gasteiger partial charge in [0.25, 0.3) is 0 Å². The molecule has 1 aliphatic carbocycles. The number of hydrogen-bond acceptors (Lipinski definition) is 1. The van der Waals surface area contributed by atoms with Crippen LogP contribution in [-0.4, -0.2) is 0 Å². The maximum atomic E-state index is 6.63. The van der Waals surface area contributed by atoms with E-state index in [0.29, 0.717) is 5.92 Å². The van der Waals surface area contributed by atoms with Gasteiger partial charge < -0.3 is 5.73 Å². The summed E-state index contributed by atoms with van der Waals surface area (Å²) in [4.78, 5) is 0. The van der Waals surface area contributed by atoms with Crippen molar-refractivity contribution in [3.63, 3.8) is 0 Å². The molecule has 1 heteroatoms. The van der Waals surface area contributed by atoms with E-state index in [1.165, 1.54) is 29.5 Å². The van der Waals surface area contributed by atoms with Gasteiger partial charge in [0, 0.05) is 5.54 Å². The highest BCUT2D eigenvalue weighted by molar-refractivity contribution is 5.39. The Balaban J connectivity index is 2.45. The minimum Gasteiger partial charge on any atom is -0.321 e. The monoisotopic (exact) mass is 231 g/mol. The second-order valence-electron chi connectivity index (χ2n) is 5.79. The van der Waals surface area contributed by atoms with Crippen molar-refractivity contribution in [2.45, 2.75) is 64.3 Å². The Morgan fingerprint density at radius 1 is 1.24 bits per heavy atom. The molecule has 0 unspecified atom stereocenters. The zero-order valence-electron chi connectivity index (χ0n) is 11.4. The zero-order chi connectivity index (χ0) is 12.5. The summed E-state index contributed by atoms with van der Waals surface area (Å²) in [5, 5.41) is 0. The highest BCUT2D eigenvalue weighted by Crippen LogP contribution is 2.39. The van der Waals surface area contributed by atoms with Gasteiger partial charge in [-0.3, -0.25) is 0 Å². The summed E-state index contributed by atoms with van der Waals surface area (Å²) in [6, 6.07) is 6.93. The predicted octanol–water partition coefficient (Wildman–Crippen LogP) is 4.10. The van der Waals surface area contributed by atoms with Gasteiger partial charge in [-0.1, -0.05) is 51.8 Å². The van der Waals surface area contributed by atoms with Crippen LogP contribution in [0.1, 0.15) is 69.1 Å². The average molecular weight is 231 g/mol. The number of benzene rings is 1. The first kappa shape index (κ1) is 12.6. The lowest BCUT2D eigenvalue weighted by atomic mass is 9.83. The van der Waals surface area contributed by atoms with Crippen LogP contribution < -0.4 is 5.73 Å². The summed E-state index contributed by atoms with van der Waals surface area (Å²) in [6.45, 7) is 6.73. The van der Waals surface area contributed by atoms with Crippen molar-refractivity contribution in [3.8, 4) is 0 Å². The van der Waals surface area contributed by atoms with Crippen LogP contribution in [0.15, 0.2) is 18.2 Å². The molecule has 1 aromatic rings. The molecule has 0 heterocycles. The molecule has 0 radical (unpaired) electrons. The number of hydrogen-bond donors (Lipinski definition) is 1. The highest BCUT2D eigenvalue weighted by Gasteiger charge is 2.32. The lowest BCUT2D eigenvalue weighted by Gasteiger charge is -2.28. The van der Waals surface area contributed by atoms with Gasteiger partial charge in [0.05, 0.1) is 0 Å². The molecule has 1 aliphatic rings. The largest absolute Gasteiger partial charge is 0.321 e. The molecule has 0 amide bonds. The van der Waals surface area contributed by atoms with Gasteiger partial charge in [-0.15, -0.1) is 0 Å². The molecule has 17 heavy (non-hydrogen) atoms. The molecule has 0 aromatic heterocycles. The standard InChI is InChI=1S/C16H25N/c1-4-13-7-8-14(12(2)3)11-15(13)16(17)9-5-6-10-16/h7-8,11-12H,4-6,9-10,17H2,1-3H3. The van der Waals surface area contributed by atoms with Gasteiger partial charge in [0.1, 0.15) is 0 Å². The molecule has 1 aromatic carbocycles. The van der Waals surface area contributed by atoms with Crippen LogP contribution in [0.4, 0.5) is 0 Å². The molecule has 0 spiro atoms. The second-order valence-corrected chi connectivity index (χ2v) is 5.79. The zero-order valence-corrected chi connectivity index (χ0v) is 11.4. The summed E-state index contributed by atoms with van der Waals surface area (Å²) in [5.41, 5.74) is 10.9. The maximum absolute atomic E-state index is 6.63. The molecule has 0 atom stereocenters. The van der Waals surface area contributed by atoms with Crippen molar-refractivity contribution in [1.82, 2.24) is 0 Å². The third-order valence-corrected chi connectivity index (χ3v) is 4.21. The highest BCUT2D eigenvalue weighted by atomic mass is 14.8.